The molecular formula is C12H11ClN4S. The highest BCUT2D eigenvalue weighted by atomic mass is 35.5. The molecule has 92 valence electrons. The molecule has 18 heavy (non-hydrogen) atoms. The summed E-state index contributed by atoms with van der Waals surface area (Å²) >= 11 is 7.79. The van der Waals surface area contributed by atoms with Gasteiger partial charge in [-0.15, -0.1) is 11.3 Å². The number of para-hydroxylation sites is 1. The summed E-state index contributed by atoms with van der Waals surface area (Å²) in [5.41, 5.74) is 9.43. The average Bonchev–Trinajstić information content (AvgIpc) is 2.92. The van der Waals surface area contributed by atoms with Crippen molar-refractivity contribution in [3.8, 4) is 0 Å². The number of nitrogens with one attached hydrogen (secondary N) is 2. The Morgan fingerprint density at radius 2 is 2.28 bits per heavy atom. The highest BCUT2D eigenvalue weighted by Gasteiger charge is 2.09. The third-order valence-electron chi connectivity index (χ3n) is 2.69. The van der Waals surface area contributed by atoms with E-state index in [1.807, 2.05) is 29.0 Å². The first-order valence-electron chi connectivity index (χ1n) is 5.44. The second kappa shape index (κ2) is 4.61. The van der Waals surface area contributed by atoms with Crippen LogP contribution in [-0.2, 0) is 6.54 Å². The van der Waals surface area contributed by atoms with Crippen LogP contribution in [0.25, 0.3) is 11.0 Å². The maximum absolute atomic E-state index is 6.17. The molecule has 3 aromatic rings. The van der Waals surface area contributed by atoms with Crippen molar-refractivity contribution in [2.24, 2.45) is 5.73 Å². The van der Waals surface area contributed by atoms with E-state index in [-0.39, 0.29) is 0 Å². The summed E-state index contributed by atoms with van der Waals surface area (Å²) in [5, 5.41) is 7.84. The lowest BCUT2D eigenvalue weighted by Crippen LogP contribution is -2.03. The van der Waals surface area contributed by atoms with E-state index in [1.165, 1.54) is 0 Å². The summed E-state index contributed by atoms with van der Waals surface area (Å²) in [6.07, 6.45) is 0. The van der Waals surface area contributed by atoms with Gasteiger partial charge < -0.3 is 16.0 Å². The highest BCUT2D eigenvalue weighted by molar-refractivity contribution is 7.09. The summed E-state index contributed by atoms with van der Waals surface area (Å²) in [6, 6.07) is 5.66. The molecule has 0 aliphatic heterocycles. The van der Waals surface area contributed by atoms with E-state index >= 15 is 0 Å². The van der Waals surface area contributed by atoms with Gasteiger partial charge in [-0.3, -0.25) is 0 Å². The number of fused-ring (bicyclic) bond motifs is 1. The first-order chi connectivity index (χ1) is 8.78. The number of halogens is 1. The second-order valence-electron chi connectivity index (χ2n) is 3.86. The van der Waals surface area contributed by atoms with E-state index in [0.717, 1.165) is 22.3 Å². The van der Waals surface area contributed by atoms with E-state index in [2.05, 4.69) is 15.3 Å². The van der Waals surface area contributed by atoms with Gasteiger partial charge in [0.05, 0.1) is 16.2 Å². The van der Waals surface area contributed by atoms with E-state index < -0.39 is 0 Å². The molecule has 0 saturated carbocycles. The Bertz CT molecular complexity index is 660. The van der Waals surface area contributed by atoms with Crippen molar-refractivity contribution in [1.29, 1.82) is 0 Å². The Hall–Kier alpha value is -1.56. The molecule has 0 saturated heterocycles. The molecule has 0 amide bonds. The van der Waals surface area contributed by atoms with Crippen molar-refractivity contribution in [1.82, 2.24) is 9.97 Å². The fourth-order valence-electron chi connectivity index (χ4n) is 1.80. The molecule has 6 heteroatoms. The van der Waals surface area contributed by atoms with Crippen LogP contribution in [0.4, 0.5) is 11.6 Å². The summed E-state index contributed by atoms with van der Waals surface area (Å²) in [7, 11) is 0. The zero-order valence-electron chi connectivity index (χ0n) is 9.40. The Kier molecular flexibility index (Phi) is 2.95. The molecule has 3 rings (SSSR count). The number of benzene rings is 1. The predicted molar refractivity (Wildman–Crippen MR) is 76.6 cm³/mol. The molecule has 0 bridgehead atoms. The third-order valence-corrected chi connectivity index (χ3v) is 3.74. The fourth-order valence-corrected chi connectivity index (χ4v) is 2.74. The summed E-state index contributed by atoms with van der Waals surface area (Å²) in [4.78, 5) is 7.62. The molecule has 0 radical (unpaired) electrons. The van der Waals surface area contributed by atoms with Crippen LogP contribution in [0.3, 0.4) is 0 Å². The van der Waals surface area contributed by atoms with E-state index in [0.29, 0.717) is 17.5 Å². The minimum atomic E-state index is 0.428. The number of aromatic nitrogens is 2. The van der Waals surface area contributed by atoms with Gasteiger partial charge in [0.15, 0.2) is 0 Å². The Balaban J connectivity index is 1.99. The summed E-state index contributed by atoms with van der Waals surface area (Å²) < 4.78 is 0. The van der Waals surface area contributed by atoms with Crippen LogP contribution in [0, 0.1) is 0 Å². The molecule has 0 aliphatic carbocycles. The highest BCUT2D eigenvalue weighted by Crippen LogP contribution is 2.29. The zero-order chi connectivity index (χ0) is 12.5. The topological polar surface area (TPSA) is 66.7 Å². The van der Waals surface area contributed by atoms with E-state index in [4.69, 9.17) is 17.3 Å². The lowest BCUT2D eigenvalue weighted by Gasteiger charge is -2.10. The molecule has 0 aliphatic rings. The van der Waals surface area contributed by atoms with Crippen LogP contribution in [0.1, 0.15) is 5.56 Å². The molecule has 0 unspecified atom stereocenters. The van der Waals surface area contributed by atoms with Gasteiger partial charge in [0, 0.05) is 17.3 Å². The van der Waals surface area contributed by atoms with Gasteiger partial charge in [0.25, 0.3) is 0 Å². The van der Waals surface area contributed by atoms with Gasteiger partial charge in [0.2, 0.25) is 5.95 Å². The number of H-pyrrole nitrogens is 1. The first kappa shape index (κ1) is 11.5. The summed E-state index contributed by atoms with van der Waals surface area (Å²) in [6.45, 7) is 0.428. The monoisotopic (exact) mass is 278 g/mol. The molecule has 0 fully saturated rings. The molecule has 2 heterocycles. The summed E-state index contributed by atoms with van der Waals surface area (Å²) in [5.74, 6) is 0.676. The number of anilines is 2. The maximum Gasteiger partial charge on any atom is 0.205 e. The van der Waals surface area contributed by atoms with Crippen LogP contribution in [-0.4, -0.2) is 9.97 Å². The zero-order valence-corrected chi connectivity index (χ0v) is 11.0. The van der Waals surface area contributed by atoms with Gasteiger partial charge in [0.1, 0.15) is 5.52 Å². The Morgan fingerprint density at radius 3 is 3.06 bits per heavy atom. The number of hydrogen-bond donors (Lipinski definition) is 3. The van der Waals surface area contributed by atoms with Crippen molar-refractivity contribution >= 4 is 45.6 Å². The van der Waals surface area contributed by atoms with Crippen LogP contribution < -0.4 is 11.1 Å². The number of nitrogens with two attached hydrogens (primary N) is 1. The van der Waals surface area contributed by atoms with Crippen LogP contribution in [0.15, 0.2) is 29.0 Å². The van der Waals surface area contributed by atoms with Gasteiger partial charge in [-0.25, -0.2) is 4.98 Å². The number of imidazole rings is 1. The molecule has 4 N–H and O–H groups in total. The Morgan fingerprint density at radius 1 is 1.39 bits per heavy atom. The van der Waals surface area contributed by atoms with Gasteiger partial charge in [-0.1, -0.05) is 23.7 Å². The maximum atomic E-state index is 6.17. The largest absolute Gasteiger partial charge is 0.326 e. The minimum Gasteiger partial charge on any atom is -0.326 e. The number of aromatic amines is 1. The molecule has 0 spiro atoms. The normalized spacial score (nSPS) is 11.0. The standard InChI is InChI=1S/C12H11ClN4S/c13-8-3-1-2-7(4-14)11(8)17-12-15-9-5-18-6-10(9)16-12/h1-3,5-6H,4,14H2,(H2,15,16,17). The smallest absolute Gasteiger partial charge is 0.205 e. The van der Waals surface area contributed by atoms with Crippen molar-refractivity contribution < 1.29 is 0 Å². The van der Waals surface area contributed by atoms with Crippen LogP contribution in [0.2, 0.25) is 5.02 Å². The predicted octanol–water partition coefficient (Wildman–Crippen LogP) is 3.48. The van der Waals surface area contributed by atoms with Crippen LogP contribution >= 0.6 is 22.9 Å². The minimum absolute atomic E-state index is 0.428. The molecular weight excluding hydrogens is 268 g/mol. The average molecular weight is 279 g/mol. The number of nitrogens with zero attached hydrogens (tertiary/aromatic N) is 1. The molecule has 2 aromatic heterocycles. The molecule has 0 atom stereocenters. The van der Waals surface area contributed by atoms with Crippen molar-refractivity contribution in [3.63, 3.8) is 0 Å². The van der Waals surface area contributed by atoms with Crippen molar-refractivity contribution in [3.05, 3.63) is 39.5 Å². The van der Waals surface area contributed by atoms with Gasteiger partial charge in [-0.2, -0.15) is 0 Å². The second-order valence-corrected chi connectivity index (χ2v) is 5.01. The van der Waals surface area contributed by atoms with Gasteiger partial charge >= 0.3 is 0 Å². The first-order valence-corrected chi connectivity index (χ1v) is 6.76. The van der Waals surface area contributed by atoms with Crippen LogP contribution in [0.5, 0.6) is 0 Å². The number of hydrogen-bond acceptors (Lipinski definition) is 4. The van der Waals surface area contributed by atoms with Crippen molar-refractivity contribution in [2.75, 3.05) is 5.32 Å². The fraction of sp³-hybridized carbons (Fsp3) is 0.0833. The number of thiophene rings is 1. The molecule has 1 aromatic carbocycles. The lowest BCUT2D eigenvalue weighted by atomic mass is 10.2. The van der Waals surface area contributed by atoms with E-state index in [1.54, 1.807) is 11.3 Å². The van der Waals surface area contributed by atoms with E-state index in [9.17, 15) is 0 Å². The molecule has 4 nitrogen and oxygen atoms in total. The third kappa shape index (κ3) is 1.96. The SMILES string of the molecule is NCc1cccc(Cl)c1Nc1nc2cscc2[nH]1. The van der Waals surface area contributed by atoms with Gasteiger partial charge in [-0.05, 0) is 11.6 Å². The quantitative estimate of drug-likeness (QED) is 0.687. The lowest BCUT2D eigenvalue weighted by molar-refractivity contribution is 1.07. The Labute approximate surface area is 113 Å². The van der Waals surface area contributed by atoms with Crippen molar-refractivity contribution in [2.45, 2.75) is 6.54 Å². The number of rotatable bonds is 3.